The predicted molar refractivity (Wildman–Crippen MR) is 167 cm³/mol. The van der Waals surface area contributed by atoms with E-state index in [0.717, 1.165) is 33.4 Å². The summed E-state index contributed by atoms with van der Waals surface area (Å²) in [6.07, 6.45) is -3.43. The molecule has 0 unspecified atom stereocenters. The number of nitrogen functional groups attached to an aromatic ring is 1. The summed E-state index contributed by atoms with van der Waals surface area (Å²) in [7, 11) is 0. The van der Waals surface area contributed by atoms with Crippen LogP contribution >= 0.6 is 0 Å². The fraction of sp³-hybridized carbons (Fsp3) is 0.250. The summed E-state index contributed by atoms with van der Waals surface area (Å²) in [5.41, 5.74) is 13.4. The number of rotatable bonds is 11. The van der Waals surface area contributed by atoms with E-state index in [1.807, 2.05) is 31.2 Å². The molecule has 10 nitrogen and oxygen atoms in total. The standard InChI is InChI=1S/C32H34F3N7O3/c1-19(2)40-30-31(44)42(27(16-39-30)24-12-25(32(33,34)35)14-26(36)13-24)17-28(43)38-15-21-8-10-23(11-9-21)29(37)41-45-18-22-6-4-20(3)5-7-22/h4-14,16,19H,15,17-18,36H2,1-3H3,(H2,37,41)(H,38,43)(H,39,40). The second-order valence-corrected chi connectivity index (χ2v) is 10.7. The number of aromatic nitrogens is 2. The van der Waals surface area contributed by atoms with E-state index in [0.29, 0.717) is 5.56 Å². The molecule has 45 heavy (non-hydrogen) atoms. The van der Waals surface area contributed by atoms with Crippen molar-refractivity contribution in [2.45, 2.75) is 52.7 Å². The van der Waals surface area contributed by atoms with Crippen LogP contribution in [0.1, 0.15) is 41.7 Å². The van der Waals surface area contributed by atoms with E-state index >= 15 is 0 Å². The van der Waals surface area contributed by atoms with Gasteiger partial charge in [-0.2, -0.15) is 13.2 Å². The highest BCUT2D eigenvalue weighted by atomic mass is 19.4. The Bertz CT molecular complexity index is 1730. The SMILES string of the molecule is Cc1ccc(CON=C(N)c2ccc(CNC(=O)Cn3c(-c4cc(N)cc(C(F)(F)F)c4)cnc(NC(C)C)c3=O)cc2)cc1. The Morgan fingerprint density at radius 1 is 1.04 bits per heavy atom. The molecule has 0 aliphatic carbocycles. The van der Waals surface area contributed by atoms with E-state index in [2.05, 4.69) is 20.8 Å². The molecule has 0 bridgehead atoms. The molecule has 13 heteroatoms. The third-order valence-electron chi connectivity index (χ3n) is 6.61. The number of amidine groups is 1. The van der Waals surface area contributed by atoms with Crippen molar-refractivity contribution in [2.24, 2.45) is 10.9 Å². The number of nitrogens with one attached hydrogen (secondary N) is 2. The number of oxime groups is 1. The van der Waals surface area contributed by atoms with Crippen LogP contribution in [0.2, 0.25) is 0 Å². The van der Waals surface area contributed by atoms with Crippen LogP contribution in [0, 0.1) is 6.92 Å². The molecular formula is C32H34F3N7O3. The molecule has 4 rings (SSSR count). The molecule has 1 amide bonds. The zero-order chi connectivity index (χ0) is 32.7. The van der Waals surface area contributed by atoms with E-state index in [1.165, 1.54) is 12.3 Å². The number of amides is 1. The van der Waals surface area contributed by atoms with Gasteiger partial charge in [0.05, 0.1) is 17.5 Å². The van der Waals surface area contributed by atoms with Crippen molar-refractivity contribution in [3.63, 3.8) is 0 Å². The third kappa shape index (κ3) is 8.85. The lowest BCUT2D eigenvalue weighted by Gasteiger charge is -2.17. The van der Waals surface area contributed by atoms with Crippen LogP contribution in [0.25, 0.3) is 11.3 Å². The number of nitrogens with two attached hydrogens (primary N) is 2. The number of carbonyl (C=O) groups is 1. The molecule has 0 spiro atoms. The van der Waals surface area contributed by atoms with Gasteiger partial charge in [0.2, 0.25) is 5.91 Å². The highest BCUT2D eigenvalue weighted by Crippen LogP contribution is 2.34. The van der Waals surface area contributed by atoms with Crippen LogP contribution in [0.3, 0.4) is 0 Å². The number of alkyl halides is 3. The first kappa shape index (κ1) is 32.6. The number of hydrogen-bond donors (Lipinski definition) is 4. The van der Waals surface area contributed by atoms with Gasteiger partial charge in [-0.3, -0.25) is 14.2 Å². The van der Waals surface area contributed by atoms with E-state index < -0.39 is 29.8 Å². The van der Waals surface area contributed by atoms with Gasteiger partial charge >= 0.3 is 6.18 Å². The average Bonchev–Trinajstić information content (AvgIpc) is 2.98. The highest BCUT2D eigenvalue weighted by molar-refractivity contribution is 5.97. The van der Waals surface area contributed by atoms with Crippen LogP contribution in [0.5, 0.6) is 0 Å². The average molecular weight is 622 g/mol. The van der Waals surface area contributed by atoms with Gasteiger partial charge in [-0.15, -0.1) is 0 Å². The summed E-state index contributed by atoms with van der Waals surface area (Å²) in [5, 5.41) is 9.60. The van der Waals surface area contributed by atoms with Crippen molar-refractivity contribution in [3.8, 4) is 11.3 Å². The first-order valence-corrected chi connectivity index (χ1v) is 14.0. The zero-order valence-corrected chi connectivity index (χ0v) is 25.0. The molecule has 0 radical (unpaired) electrons. The van der Waals surface area contributed by atoms with Gasteiger partial charge in [0, 0.05) is 29.4 Å². The summed E-state index contributed by atoms with van der Waals surface area (Å²) in [6, 6.07) is 17.6. The first-order chi connectivity index (χ1) is 21.3. The number of aryl methyl sites for hydroxylation is 1. The topological polar surface area (TPSA) is 150 Å². The van der Waals surface area contributed by atoms with Crippen molar-refractivity contribution in [3.05, 3.63) is 111 Å². The first-order valence-electron chi connectivity index (χ1n) is 14.0. The largest absolute Gasteiger partial charge is 0.416 e. The number of benzene rings is 3. The lowest BCUT2D eigenvalue weighted by atomic mass is 10.1. The van der Waals surface area contributed by atoms with Crippen LogP contribution in [0.4, 0.5) is 24.7 Å². The molecule has 0 aliphatic heterocycles. The van der Waals surface area contributed by atoms with Crippen LogP contribution < -0.4 is 27.7 Å². The molecule has 0 fully saturated rings. The summed E-state index contributed by atoms with van der Waals surface area (Å²) >= 11 is 0. The van der Waals surface area contributed by atoms with Crippen molar-refractivity contribution >= 4 is 23.2 Å². The Morgan fingerprint density at radius 2 is 1.71 bits per heavy atom. The molecule has 0 saturated carbocycles. The summed E-state index contributed by atoms with van der Waals surface area (Å²) < 4.78 is 41.5. The summed E-state index contributed by atoms with van der Waals surface area (Å²) in [6.45, 7) is 5.49. The Balaban J connectivity index is 1.47. The lowest BCUT2D eigenvalue weighted by molar-refractivity contribution is -0.137. The van der Waals surface area contributed by atoms with Crippen LogP contribution in [-0.2, 0) is 35.5 Å². The van der Waals surface area contributed by atoms with E-state index in [-0.39, 0.29) is 47.8 Å². The van der Waals surface area contributed by atoms with Crippen molar-refractivity contribution in [2.75, 3.05) is 11.1 Å². The molecule has 4 aromatic rings. The minimum atomic E-state index is -4.67. The second kappa shape index (κ2) is 14.0. The molecule has 1 heterocycles. The Kier molecular flexibility index (Phi) is 10.1. The smallest absolute Gasteiger partial charge is 0.399 e. The fourth-order valence-corrected chi connectivity index (χ4v) is 4.32. The van der Waals surface area contributed by atoms with E-state index in [9.17, 15) is 22.8 Å². The van der Waals surface area contributed by atoms with Crippen molar-refractivity contribution < 1.29 is 22.8 Å². The Morgan fingerprint density at radius 3 is 2.36 bits per heavy atom. The predicted octanol–water partition coefficient (Wildman–Crippen LogP) is 4.79. The van der Waals surface area contributed by atoms with Gasteiger partial charge < -0.3 is 26.9 Å². The van der Waals surface area contributed by atoms with Crippen LogP contribution in [0.15, 0.2) is 82.9 Å². The molecule has 236 valence electrons. The van der Waals surface area contributed by atoms with Crippen LogP contribution in [-0.4, -0.2) is 27.3 Å². The van der Waals surface area contributed by atoms with Crippen molar-refractivity contribution in [1.29, 1.82) is 0 Å². The maximum absolute atomic E-state index is 13.5. The van der Waals surface area contributed by atoms with Gasteiger partial charge in [0.15, 0.2) is 11.7 Å². The Hall–Kier alpha value is -5.33. The fourth-order valence-electron chi connectivity index (χ4n) is 4.32. The number of carbonyl (C=O) groups excluding carboxylic acids is 1. The van der Waals surface area contributed by atoms with Gasteiger partial charge in [-0.25, -0.2) is 4.98 Å². The van der Waals surface area contributed by atoms with E-state index in [4.69, 9.17) is 16.3 Å². The summed E-state index contributed by atoms with van der Waals surface area (Å²) in [4.78, 5) is 35.8. The quantitative estimate of drug-likeness (QED) is 0.0814. The van der Waals surface area contributed by atoms with Gasteiger partial charge in [0.25, 0.3) is 5.56 Å². The van der Waals surface area contributed by atoms with Gasteiger partial charge in [-0.1, -0.05) is 59.3 Å². The Labute approximate surface area is 257 Å². The minimum Gasteiger partial charge on any atom is -0.399 e. The van der Waals surface area contributed by atoms with Crippen molar-refractivity contribution in [1.82, 2.24) is 14.9 Å². The number of hydrogen-bond acceptors (Lipinski definition) is 7. The molecular weight excluding hydrogens is 587 g/mol. The molecule has 3 aromatic carbocycles. The number of nitrogens with zero attached hydrogens (tertiary/aromatic N) is 3. The van der Waals surface area contributed by atoms with Gasteiger partial charge in [-0.05, 0) is 50.1 Å². The molecule has 0 saturated heterocycles. The summed E-state index contributed by atoms with van der Waals surface area (Å²) in [5.74, 6) is -0.405. The van der Waals surface area contributed by atoms with Gasteiger partial charge in [0.1, 0.15) is 13.2 Å². The number of anilines is 2. The second-order valence-electron chi connectivity index (χ2n) is 10.7. The molecule has 0 aliphatic rings. The van der Waals surface area contributed by atoms with E-state index in [1.54, 1.807) is 38.1 Å². The number of halogens is 3. The lowest BCUT2D eigenvalue weighted by Crippen LogP contribution is -2.35. The third-order valence-corrected chi connectivity index (χ3v) is 6.61. The molecule has 1 aromatic heterocycles. The minimum absolute atomic E-state index is 0.00553. The zero-order valence-electron chi connectivity index (χ0n) is 25.0. The monoisotopic (exact) mass is 621 g/mol. The normalized spacial score (nSPS) is 11.8. The maximum Gasteiger partial charge on any atom is 0.416 e. The molecule has 6 N–H and O–H groups in total. The molecule has 0 atom stereocenters. The highest BCUT2D eigenvalue weighted by Gasteiger charge is 2.31. The maximum atomic E-state index is 13.5.